The van der Waals surface area contributed by atoms with Gasteiger partial charge in [-0.1, -0.05) is 35.9 Å². The summed E-state index contributed by atoms with van der Waals surface area (Å²) in [6.07, 6.45) is -0.272. The van der Waals surface area contributed by atoms with Crippen molar-refractivity contribution in [2.75, 3.05) is 13.7 Å². The Kier molecular flexibility index (Phi) is 6.04. The van der Waals surface area contributed by atoms with Crippen molar-refractivity contribution >= 4 is 29.0 Å². The van der Waals surface area contributed by atoms with Gasteiger partial charge in [0.05, 0.1) is 6.54 Å². The van der Waals surface area contributed by atoms with Crippen LogP contribution in [0, 0.1) is 0 Å². The van der Waals surface area contributed by atoms with Gasteiger partial charge < -0.3 is 15.4 Å². The summed E-state index contributed by atoms with van der Waals surface area (Å²) >= 11 is 7.74. The van der Waals surface area contributed by atoms with Gasteiger partial charge in [0, 0.05) is 29.1 Å². The number of nitrogens with one attached hydrogen (secondary N) is 2. The van der Waals surface area contributed by atoms with Gasteiger partial charge in [-0.15, -0.1) is 11.3 Å². The molecule has 2 N–H and O–H groups in total. The molecular weight excluding hydrogens is 308 g/mol. The van der Waals surface area contributed by atoms with Gasteiger partial charge in [-0.2, -0.15) is 0 Å². The van der Waals surface area contributed by atoms with Crippen molar-refractivity contribution in [2.24, 2.45) is 0 Å². The minimum Gasteiger partial charge on any atom is -0.375 e. The summed E-state index contributed by atoms with van der Waals surface area (Å²) in [5.41, 5.74) is 0.861. The maximum absolute atomic E-state index is 11.8. The molecule has 2 rings (SSSR count). The van der Waals surface area contributed by atoms with E-state index in [1.165, 1.54) is 0 Å². The minimum atomic E-state index is -0.272. The Bertz CT molecular complexity index is 575. The number of benzene rings is 1. The number of methoxy groups -OCH3 is 1. The monoisotopic (exact) mass is 324 g/mol. The number of carbonyl (C=O) groups is 1. The van der Waals surface area contributed by atoms with E-state index in [-0.39, 0.29) is 12.1 Å². The average Bonchev–Trinajstić information content (AvgIpc) is 3.01. The number of hydrogen-bond donors (Lipinski definition) is 2. The first-order chi connectivity index (χ1) is 10.2. The van der Waals surface area contributed by atoms with Gasteiger partial charge in [0.2, 0.25) is 0 Å². The first-order valence-electron chi connectivity index (χ1n) is 6.52. The van der Waals surface area contributed by atoms with E-state index in [1.54, 1.807) is 24.5 Å². The third-order valence-corrected chi connectivity index (χ3v) is 4.21. The summed E-state index contributed by atoms with van der Waals surface area (Å²) in [6.45, 7) is 0.879. The Morgan fingerprint density at radius 1 is 1.29 bits per heavy atom. The molecule has 4 nitrogen and oxygen atoms in total. The maximum atomic E-state index is 11.8. The lowest BCUT2D eigenvalue weighted by atomic mass is 10.1. The lowest BCUT2D eigenvalue weighted by molar-refractivity contribution is 0.104. The van der Waals surface area contributed by atoms with Gasteiger partial charge in [-0.25, -0.2) is 4.79 Å². The number of thiophene rings is 1. The van der Waals surface area contributed by atoms with Gasteiger partial charge in [0.1, 0.15) is 6.10 Å². The van der Waals surface area contributed by atoms with Crippen LogP contribution in [0.5, 0.6) is 0 Å². The van der Waals surface area contributed by atoms with E-state index in [4.69, 9.17) is 16.3 Å². The number of halogens is 1. The minimum absolute atomic E-state index is 0.225. The molecule has 2 aromatic rings. The summed E-state index contributed by atoms with van der Waals surface area (Å²) in [4.78, 5) is 12.9. The van der Waals surface area contributed by atoms with Gasteiger partial charge in [0.25, 0.3) is 0 Å². The van der Waals surface area contributed by atoms with Crippen LogP contribution in [0.4, 0.5) is 4.79 Å². The molecule has 1 aromatic carbocycles. The van der Waals surface area contributed by atoms with Crippen molar-refractivity contribution in [3.63, 3.8) is 0 Å². The van der Waals surface area contributed by atoms with E-state index in [1.807, 2.05) is 35.7 Å². The SMILES string of the molecule is CO[C@@H](CNC(=O)NCc1cccs1)c1ccccc1Cl. The maximum Gasteiger partial charge on any atom is 0.315 e. The molecule has 6 heteroatoms. The van der Waals surface area contributed by atoms with Crippen molar-refractivity contribution in [3.05, 3.63) is 57.2 Å². The largest absolute Gasteiger partial charge is 0.375 e. The Labute approximate surface area is 133 Å². The zero-order valence-corrected chi connectivity index (χ0v) is 13.2. The van der Waals surface area contributed by atoms with E-state index in [0.29, 0.717) is 18.1 Å². The van der Waals surface area contributed by atoms with Gasteiger partial charge in [-0.3, -0.25) is 0 Å². The lowest BCUT2D eigenvalue weighted by Gasteiger charge is -2.18. The zero-order valence-electron chi connectivity index (χ0n) is 11.6. The van der Waals surface area contributed by atoms with Crippen LogP contribution in [0.15, 0.2) is 41.8 Å². The van der Waals surface area contributed by atoms with E-state index < -0.39 is 0 Å². The molecule has 0 aliphatic heterocycles. The second kappa shape index (κ2) is 8.02. The topological polar surface area (TPSA) is 50.4 Å². The van der Waals surface area contributed by atoms with Crippen LogP contribution in [-0.2, 0) is 11.3 Å². The average molecular weight is 325 g/mol. The number of urea groups is 1. The molecule has 1 aromatic heterocycles. The molecular formula is C15H17ClN2O2S. The van der Waals surface area contributed by atoms with Crippen LogP contribution >= 0.6 is 22.9 Å². The van der Waals surface area contributed by atoms with Crippen LogP contribution in [0.25, 0.3) is 0 Å². The zero-order chi connectivity index (χ0) is 15.1. The highest BCUT2D eigenvalue weighted by Gasteiger charge is 2.14. The predicted molar refractivity (Wildman–Crippen MR) is 85.8 cm³/mol. The third-order valence-electron chi connectivity index (χ3n) is 2.99. The van der Waals surface area contributed by atoms with Crippen LogP contribution in [-0.4, -0.2) is 19.7 Å². The Morgan fingerprint density at radius 2 is 2.10 bits per heavy atom. The van der Waals surface area contributed by atoms with Crippen molar-refractivity contribution < 1.29 is 9.53 Å². The Hall–Kier alpha value is -1.56. The molecule has 21 heavy (non-hydrogen) atoms. The fourth-order valence-corrected chi connectivity index (χ4v) is 2.79. The van der Waals surface area contributed by atoms with Crippen molar-refractivity contribution in [3.8, 4) is 0 Å². The number of amides is 2. The standard InChI is InChI=1S/C15H17ClN2O2S/c1-20-14(12-6-2-3-7-13(12)16)10-18-15(19)17-9-11-5-4-8-21-11/h2-8,14H,9-10H2,1H3,(H2,17,18,19)/t14-/m0/s1. The fourth-order valence-electron chi connectivity index (χ4n) is 1.88. The molecule has 0 saturated heterocycles. The molecule has 0 unspecified atom stereocenters. The molecule has 2 amide bonds. The predicted octanol–water partition coefficient (Wildman–Crippen LogP) is 3.59. The lowest BCUT2D eigenvalue weighted by Crippen LogP contribution is -2.37. The van der Waals surface area contributed by atoms with Crippen LogP contribution in [0.2, 0.25) is 5.02 Å². The van der Waals surface area contributed by atoms with Crippen LogP contribution in [0.1, 0.15) is 16.5 Å². The number of rotatable bonds is 6. The van der Waals surface area contributed by atoms with Gasteiger partial charge >= 0.3 is 6.03 Å². The Morgan fingerprint density at radius 3 is 2.76 bits per heavy atom. The molecule has 0 spiro atoms. The third kappa shape index (κ3) is 4.74. The van der Waals surface area contributed by atoms with E-state index >= 15 is 0 Å². The molecule has 0 saturated carbocycles. The van der Waals surface area contributed by atoms with E-state index in [0.717, 1.165) is 10.4 Å². The molecule has 0 radical (unpaired) electrons. The van der Waals surface area contributed by atoms with Crippen molar-refractivity contribution in [1.82, 2.24) is 10.6 Å². The summed E-state index contributed by atoms with van der Waals surface area (Å²) in [5.74, 6) is 0. The summed E-state index contributed by atoms with van der Waals surface area (Å²) < 4.78 is 5.39. The highest BCUT2D eigenvalue weighted by molar-refractivity contribution is 7.09. The first-order valence-corrected chi connectivity index (χ1v) is 7.77. The highest BCUT2D eigenvalue weighted by atomic mass is 35.5. The first kappa shape index (κ1) is 15.8. The Balaban J connectivity index is 1.83. The number of carbonyl (C=O) groups excluding carboxylic acids is 1. The van der Waals surface area contributed by atoms with Crippen LogP contribution < -0.4 is 10.6 Å². The molecule has 112 valence electrons. The van der Waals surface area contributed by atoms with Crippen molar-refractivity contribution in [1.29, 1.82) is 0 Å². The molecule has 1 heterocycles. The quantitative estimate of drug-likeness (QED) is 0.853. The molecule has 0 aliphatic carbocycles. The summed E-state index contributed by atoms with van der Waals surface area (Å²) in [7, 11) is 1.60. The molecule has 0 aliphatic rings. The molecule has 0 bridgehead atoms. The molecule has 0 fully saturated rings. The van der Waals surface area contributed by atoms with E-state index in [9.17, 15) is 4.79 Å². The van der Waals surface area contributed by atoms with Gasteiger partial charge in [0.15, 0.2) is 0 Å². The van der Waals surface area contributed by atoms with E-state index in [2.05, 4.69) is 10.6 Å². The van der Waals surface area contributed by atoms with Crippen molar-refractivity contribution in [2.45, 2.75) is 12.6 Å². The second-order valence-corrected chi connectivity index (χ2v) is 5.83. The molecule has 1 atom stereocenters. The smallest absolute Gasteiger partial charge is 0.315 e. The normalized spacial score (nSPS) is 11.9. The van der Waals surface area contributed by atoms with Gasteiger partial charge in [-0.05, 0) is 17.5 Å². The fraction of sp³-hybridized carbons (Fsp3) is 0.267. The number of hydrogen-bond acceptors (Lipinski definition) is 3. The highest BCUT2D eigenvalue weighted by Crippen LogP contribution is 2.24. The van der Waals surface area contributed by atoms with Crippen LogP contribution in [0.3, 0.4) is 0 Å². The number of ether oxygens (including phenoxy) is 1. The summed E-state index contributed by atoms with van der Waals surface area (Å²) in [6, 6.07) is 11.2. The summed E-state index contributed by atoms with van der Waals surface area (Å²) in [5, 5.41) is 8.20. The second-order valence-electron chi connectivity index (χ2n) is 4.39.